The quantitative estimate of drug-likeness (QED) is 0.440. The summed E-state index contributed by atoms with van der Waals surface area (Å²) in [4.78, 5) is 24.5. The predicted octanol–water partition coefficient (Wildman–Crippen LogP) is 3.48. The molecule has 1 aliphatic rings. The second kappa shape index (κ2) is 8.28. The van der Waals surface area contributed by atoms with Crippen LogP contribution in [0.4, 0.5) is 0 Å². The molecule has 0 aromatic carbocycles. The van der Waals surface area contributed by atoms with Crippen molar-refractivity contribution in [1.82, 2.24) is 0 Å². The number of esters is 2. The highest BCUT2D eigenvalue weighted by atomic mass is 16.6. The second-order valence-corrected chi connectivity index (χ2v) is 6.20. The van der Waals surface area contributed by atoms with Crippen LogP contribution in [0, 0.1) is 11.8 Å². The first-order valence-electron chi connectivity index (χ1n) is 7.82. The fourth-order valence-corrected chi connectivity index (χ4v) is 2.74. The summed E-state index contributed by atoms with van der Waals surface area (Å²) in [5, 5.41) is 0. The van der Waals surface area contributed by atoms with Crippen molar-refractivity contribution in [3.63, 3.8) is 0 Å². The topological polar surface area (TPSA) is 52.6 Å². The van der Waals surface area contributed by atoms with Gasteiger partial charge in [-0.15, -0.1) is 0 Å². The SMILES string of the molecule is CC(C)OC(=O)C(C(=O)OC(C)C)C1CCCCCC1. The Morgan fingerprint density at radius 3 is 1.55 bits per heavy atom. The first-order chi connectivity index (χ1) is 9.41. The van der Waals surface area contributed by atoms with Gasteiger partial charge in [0.25, 0.3) is 0 Å². The molecular weight excluding hydrogens is 256 g/mol. The maximum atomic E-state index is 12.3. The summed E-state index contributed by atoms with van der Waals surface area (Å²) in [5.41, 5.74) is 0. The molecule has 0 aromatic heterocycles. The van der Waals surface area contributed by atoms with Crippen LogP contribution in [-0.2, 0) is 19.1 Å². The Morgan fingerprint density at radius 2 is 1.20 bits per heavy atom. The summed E-state index contributed by atoms with van der Waals surface area (Å²) < 4.78 is 10.5. The minimum absolute atomic E-state index is 0.0648. The molecule has 1 aliphatic carbocycles. The van der Waals surface area contributed by atoms with E-state index in [0.29, 0.717) is 0 Å². The van der Waals surface area contributed by atoms with E-state index in [-0.39, 0.29) is 18.1 Å². The summed E-state index contributed by atoms with van der Waals surface area (Å²) in [7, 11) is 0. The van der Waals surface area contributed by atoms with E-state index in [0.717, 1.165) is 25.7 Å². The molecule has 20 heavy (non-hydrogen) atoms. The molecule has 0 unspecified atom stereocenters. The zero-order valence-corrected chi connectivity index (χ0v) is 13.2. The lowest BCUT2D eigenvalue weighted by Gasteiger charge is -2.24. The molecule has 0 atom stereocenters. The van der Waals surface area contributed by atoms with E-state index in [1.54, 1.807) is 27.7 Å². The highest BCUT2D eigenvalue weighted by Crippen LogP contribution is 2.31. The number of hydrogen-bond acceptors (Lipinski definition) is 4. The van der Waals surface area contributed by atoms with Gasteiger partial charge in [-0.3, -0.25) is 9.59 Å². The van der Waals surface area contributed by atoms with Crippen molar-refractivity contribution in [3.05, 3.63) is 0 Å². The zero-order valence-electron chi connectivity index (χ0n) is 13.2. The number of hydrogen-bond donors (Lipinski definition) is 0. The Balaban J connectivity index is 2.81. The zero-order chi connectivity index (χ0) is 15.1. The molecule has 0 spiro atoms. The standard InChI is InChI=1S/C16H28O4/c1-11(2)19-15(17)14(16(18)20-12(3)4)13-9-7-5-6-8-10-13/h11-14H,5-10H2,1-4H3. The van der Waals surface area contributed by atoms with Gasteiger partial charge in [0.05, 0.1) is 12.2 Å². The van der Waals surface area contributed by atoms with Gasteiger partial charge in [0, 0.05) is 0 Å². The van der Waals surface area contributed by atoms with Crippen molar-refractivity contribution in [1.29, 1.82) is 0 Å². The fraction of sp³-hybridized carbons (Fsp3) is 0.875. The monoisotopic (exact) mass is 284 g/mol. The molecule has 4 heteroatoms. The Kier molecular flexibility index (Phi) is 7.03. The van der Waals surface area contributed by atoms with E-state index in [1.807, 2.05) is 0 Å². The Labute approximate surface area is 122 Å². The van der Waals surface area contributed by atoms with Gasteiger partial charge < -0.3 is 9.47 Å². The molecule has 0 aromatic rings. The molecule has 0 aliphatic heterocycles. The molecule has 0 N–H and O–H groups in total. The maximum absolute atomic E-state index is 12.3. The van der Waals surface area contributed by atoms with E-state index in [9.17, 15) is 9.59 Å². The summed E-state index contributed by atoms with van der Waals surface area (Å²) in [5.74, 6) is -1.52. The molecule has 0 bridgehead atoms. The molecule has 0 amide bonds. The molecular formula is C16H28O4. The molecule has 4 nitrogen and oxygen atoms in total. The maximum Gasteiger partial charge on any atom is 0.320 e. The van der Waals surface area contributed by atoms with E-state index in [1.165, 1.54) is 12.8 Å². The smallest absolute Gasteiger partial charge is 0.320 e. The van der Waals surface area contributed by atoms with Crippen LogP contribution in [0.2, 0.25) is 0 Å². The number of ether oxygens (including phenoxy) is 2. The first-order valence-corrected chi connectivity index (χ1v) is 7.82. The average Bonchev–Trinajstić information content (AvgIpc) is 2.56. The molecule has 0 saturated heterocycles. The molecule has 0 heterocycles. The molecule has 0 radical (unpaired) electrons. The van der Waals surface area contributed by atoms with E-state index >= 15 is 0 Å². The van der Waals surface area contributed by atoms with Gasteiger partial charge >= 0.3 is 11.9 Å². The number of carbonyl (C=O) groups excluding carboxylic acids is 2. The first kappa shape index (κ1) is 17.0. The van der Waals surface area contributed by atoms with Gasteiger partial charge in [0.1, 0.15) is 0 Å². The third-order valence-electron chi connectivity index (χ3n) is 3.58. The van der Waals surface area contributed by atoms with Gasteiger partial charge in [-0.2, -0.15) is 0 Å². The largest absolute Gasteiger partial charge is 0.462 e. The number of rotatable bonds is 5. The van der Waals surface area contributed by atoms with Crippen LogP contribution in [0.15, 0.2) is 0 Å². The van der Waals surface area contributed by atoms with Gasteiger partial charge in [0.15, 0.2) is 5.92 Å². The van der Waals surface area contributed by atoms with Crippen molar-refractivity contribution in [2.75, 3.05) is 0 Å². The lowest BCUT2D eigenvalue weighted by atomic mass is 9.86. The Morgan fingerprint density at radius 1 is 0.800 bits per heavy atom. The summed E-state index contributed by atoms with van der Waals surface area (Å²) in [6, 6.07) is 0. The third-order valence-corrected chi connectivity index (χ3v) is 3.58. The second-order valence-electron chi connectivity index (χ2n) is 6.20. The third kappa shape index (κ3) is 5.51. The van der Waals surface area contributed by atoms with Gasteiger partial charge in [0.2, 0.25) is 0 Å². The predicted molar refractivity (Wildman–Crippen MR) is 77.1 cm³/mol. The van der Waals surface area contributed by atoms with Gasteiger partial charge in [-0.05, 0) is 46.5 Å². The van der Waals surface area contributed by atoms with Gasteiger partial charge in [-0.25, -0.2) is 0 Å². The van der Waals surface area contributed by atoms with Crippen LogP contribution in [0.3, 0.4) is 0 Å². The molecule has 1 saturated carbocycles. The number of carbonyl (C=O) groups is 2. The van der Waals surface area contributed by atoms with Crippen LogP contribution >= 0.6 is 0 Å². The average molecular weight is 284 g/mol. The Bertz CT molecular complexity index is 292. The Hall–Kier alpha value is -1.06. The normalized spacial score (nSPS) is 17.4. The summed E-state index contributed by atoms with van der Waals surface area (Å²) in [6.07, 6.45) is 5.92. The van der Waals surface area contributed by atoms with Crippen LogP contribution < -0.4 is 0 Å². The van der Waals surface area contributed by atoms with Crippen LogP contribution in [-0.4, -0.2) is 24.1 Å². The van der Waals surface area contributed by atoms with Crippen LogP contribution in [0.1, 0.15) is 66.2 Å². The van der Waals surface area contributed by atoms with Crippen molar-refractivity contribution in [2.45, 2.75) is 78.4 Å². The van der Waals surface area contributed by atoms with Crippen molar-refractivity contribution in [3.8, 4) is 0 Å². The highest BCUT2D eigenvalue weighted by Gasteiger charge is 2.38. The molecule has 1 fully saturated rings. The highest BCUT2D eigenvalue weighted by molar-refractivity contribution is 5.95. The van der Waals surface area contributed by atoms with Crippen LogP contribution in [0.5, 0.6) is 0 Å². The summed E-state index contributed by atoms with van der Waals surface area (Å²) in [6.45, 7) is 7.21. The molecule has 1 rings (SSSR count). The van der Waals surface area contributed by atoms with E-state index in [4.69, 9.17) is 9.47 Å². The van der Waals surface area contributed by atoms with E-state index in [2.05, 4.69) is 0 Å². The summed E-state index contributed by atoms with van der Waals surface area (Å²) >= 11 is 0. The minimum Gasteiger partial charge on any atom is -0.462 e. The van der Waals surface area contributed by atoms with Crippen molar-refractivity contribution >= 4 is 11.9 Å². The van der Waals surface area contributed by atoms with E-state index < -0.39 is 17.9 Å². The van der Waals surface area contributed by atoms with Crippen molar-refractivity contribution in [2.24, 2.45) is 11.8 Å². The molecule has 116 valence electrons. The lowest BCUT2D eigenvalue weighted by Crippen LogP contribution is -2.36. The van der Waals surface area contributed by atoms with Crippen LogP contribution in [0.25, 0.3) is 0 Å². The fourth-order valence-electron chi connectivity index (χ4n) is 2.74. The lowest BCUT2D eigenvalue weighted by molar-refractivity contribution is -0.169. The van der Waals surface area contributed by atoms with Gasteiger partial charge in [-0.1, -0.05) is 25.7 Å². The minimum atomic E-state index is -0.752. The van der Waals surface area contributed by atoms with Crippen molar-refractivity contribution < 1.29 is 19.1 Å².